The highest BCUT2D eigenvalue weighted by molar-refractivity contribution is 9.10. The van der Waals surface area contributed by atoms with Crippen LogP contribution in [0.5, 0.6) is 0 Å². The minimum absolute atomic E-state index is 0.149. The number of halogens is 3. The minimum Gasteiger partial charge on any atom is -0.478 e. The summed E-state index contributed by atoms with van der Waals surface area (Å²) in [5.74, 6) is -4.54. The molecule has 2 aromatic rings. The van der Waals surface area contributed by atoms with Crippen molar-refractivity contribution in [2.75, 3.05) is 13.2 Å². The van der Waals surface area contributed by atoms with Crippen LogP contribution in [0.15, 0.2) is 65.2 Å². The summed E-state index contributed by atoms with van der Waals surface area (Å²) in [6, 6.07) is 11.3. The average Bonchev–Trinajstić information content (AvgIpc) is 2.77. The molecule has 0 saturated carbocycles. The number of benzene rings is 2. The van der Waals surface area contributed by atoms with Crippen LogP contribution in [0.25, 0.3) is 0 Å². The first kappa shape index (κ1) is 23.9. The Kier molecular flexibility index (Phi) is 7.63. The van der Waals surface area contributed by atoms with Crippen molar-refractivity contribution in [3.8, 4) is 0 Å². The molecule has 0 aliphatic carbocycles. The van der Waals surface area contributed by atoms with E-state index in [-0.39, 0.29) is 24.3 Å². The highest BCUT2D eigenvalue weighted by Gasteiger charge is 2.39. The number of ether oxygens (including phenoxy) is 1. The third kappa shape index (κ3) is 5.72. The summed E-state index contributed by atoms with van der Waals surface area (Å²) in [7, 11) is 0. The lowest BCUT2D eigenvalue weighted by Crippen LogP contribution is -2.45. The topological polar surface area (TPSA) is 87.1 Å². The van der Waals surface area contributed by atoms with Crippen molar-refractivity contribution in [2.24, 2.45) is 0 Å². The first-order valence-electron chi connectivity index (χ1n) is 9.94. The van der Waals surface area contributed by atoms with Gasteiger partial charge in [0, 0.05) is 23.0 Å². The number of hydrogen-bond donors (Lipinski definition) is 2. The lowest BCUT2D eigenvalue weighted by Gasteiger charge is -2.33. The Morgan fingerprint density at radius 2 is 2.00 bits per heavy atom. The predicted molar refractivity (Wildman–Crippen MR) is 117 cm³/mol. The molecule has 0 unspecified atom stereocenters. The molecule has 32 heavy (non-hydrogen) atoms. The van der Waals surface area contributed by atoms with Crippen molar-refractivity contribution in [3.63, 3.8) is 0 Å². The van der Waals surface area contributed by atoms with Crippen molar-refractivity contribution in [1.29, 1.82) is 0 Å². The molecule has 6 nitrogen and oxygen atoms in total. The zero-order valence-corrected chi connectivity index (χ0v) is 18.5. The van der Waals surface area contributed by atoms with E-state index in [1.54, 1.807) is 18.2 Å². The van der Waals surface area contributed by atoms with Crippen molar-refractivity contribution in [2.45, 2.75) is 30.9 Å². The number of aliphatic hydroxyl groups is 1. The molecule has 0 aromatic heterocycles. The molecule has 3 rings (SSSR count). The summed E-state index contributed by atoms with van der Waals surface area (Å²) in [5.41, 5.74) is 0.651. The number of carbonyl (C=O) groups is 2. The molecule has 1 heterocycles. The van der Waals surface area contributed by atoms with Gasteiger partial charge < -0.3 is 19.8 Å². The van der Waals surface area contributed by atoms with E-state index in [2.05, 4.69) is 15.9 Å². The number of carboxylic acids is 1. The Balaban J connectivity index is 1.68. The largest absolute Gasteiger partial charge is 0.478 e. The number of alkyl halides is 2. The number of hydrogen-bond acceptors (Lipinski definition) is 4. The zero-order chi connectivity index (χ0) is 23.3. The highest BCUT2D eigenvalue weighted by atomic mass is 79.9. The molecule has 1 amide bonds. The molecule has 0 bridgehead atoms. The summed E-state index contributed by atoms with van der Waals surface area (Å²) >= 11 is 3.15. The van der Waals surface area contributed by atoms with Gasteiger partial charge in [-0.15, -0.1) is 0 Å². The van der Waals surface area contributed by atoms with Crippen LogP contribution in [0.3, 0.4) is 0 Å². The van der Waals surface area contributed by atoms with E-state index in [4.69, 9.17) is 9.84 Å². The first-order valence-corrected chi connectivity index (χ1v) is 10.7. The molecule has 1 saturated heterocycles. The van der Waals surface area contributed by atoms with Gasteiger partial charge in [-0.1, -0.05) is 52.3 Å². The number of nitrogens with zero attached hydrogens (tertiary/aromatic N) is 1. The lowest BCUT2D eigenvalue weighted by molar-refractivity contribution is -0.0930. The number of rotatable bonds is 8. The van der Waals surface area contributed by atoms with Crippen molar-refractivity contribution >= 4 is 28.0 Å². The fourth-order valence-corrected chi connectivity index (χ4v) is 3.78. The SMILES string of the molecule is O=C(O)c1ccc(CCN2C(=O)OCC[C@@H]2/C=C/[C@@H](O)C(F)(F)c2cccc(Br)c2)cc1. The van der Waals surface area contributed by atoms with Crippen LogP contribution in [-0.2, 0) is 17.1 Å². The summed E-state index contributed by atoms with van der Waals surface area (Å²) in [6.07, 6.45) is 0.607. The molecule has 1 aliphatic heterocycles. The van der Waals surface area contributed by atoms with Gasteiger partial charge in [0.05, 0.1) is 18.2 Å². The maximum Gasteiger partial charge on any atom is 0.410 e. The van der Waals surface area contributed by atoms with Crippen molar-refractivity contribution < 1.29 is 33.3 Å². The summed E-state index contributed by atoms with van der Waals surface area (Å²) < 4.78 is 34.8. The van der Waals surface area contributed by atoms with Gasteiger partial charge >= 0.3 is 18.0 Å². The second-order valence-electron chi connectivity index (χ2n) is 7.38. The van der Waals surface area contributed by atoms with Gasteiger partial charge in [0.25, 0.3) is 0 Å². The Morgan fingerprint density at radius 1 is 1.28 bits per heavy atom. The normalized spacial score (nSPS) is 17.9. The van der Waals surface area contributed by atoms with Crippen LogP contribution in [0, 0.1) is 0 Å². The second kappa shape index (κ2) is 10.2. The van der Waals surface area contributed by atoms with Crippen LogP contribution in [0.2, 0.25) is 0 Å². The Labute approximate surface area is 192 Å². The lowest BCUT2D eigenvalue weighted by atomic mass is 10.0. The van der Waals surface area contributed by atoms with Gasteiger partial charge in [-0.25, -0.2) is 9.59 Å². The first-order chi connectivity index (χ1) is 15.2. The van der Waals surface area contributed by atoms with Crippen molar-refractivity contribution in [1.82, 2.24) is 4.90 Å². The Morgan fingerprint density at radius 3 is 2.66 bits per heavy atom. The van der Waals surface area contributed by atoms with E-state index in [0.717, 1.165) is 11.6 Å². The number of cyclic esters (lactones) is 1. The number of aliphatic hydroxyl groups excluding tert-OH is 1. The van der Waals surface area contributed by atoms with Gasteiger partial charge in [-0.3, -0.25) is 0 Å². The number of amides is 1. The quantitative estimate of drug-likeness (QED) is 0.507. The monoisotopic (exact) mass is 509 g/mol. The molecule has 2 N–H and O–H groups in total. The molecule has 1 fully saturated rings. The van der Waals surface area contributed by atoms with E-state index in [1.165, 1.54) is 41.3 Å². The molecule has 170 valence electrons. The fraction of sp³-hybridized carbons (Fsp3) is 0.304. The number of aromatic carboxylic acids is 1. The van der Waals surface area contributed by atoms with Crippen LogP contribution in [0.4, 0.5) is 13.6 Å². The molecule has 0 radical (unpaired) electrons. The summed E-state index contributed by atoms with van der Waals surface area (Å²) in [5, 5.41) is 19.1. The molecule has 2 atom stereocenters. The second-order valence-corrected chi connectivity index (χ2v) is 8.29. The molecule has 9 heteroatoms. The smallest absolute Gasteiger partial charge is 0.410 e. The Hall–Kier alpha value is -2.78. The molecule has 2 aromatic carbocycles. The molecular weight excluding hydrogens is 488 g/mol. The number of carbonyl (C=O) groups excluding carboxylic acids is 1. The maximum absolute atomic E-state index is 14.6. The molecule has 0 spiro atoms. The maximum atomic E-state index is 14.6. The van der Waals surface area contributed by atoms with Crippen LogP contribution in [0.1, 0.15) is 27.9 Å². The summed E-state index contributed by atoms with van der Waals surface area (Å²) in [4.78, 5) is 24.6. The van der Waals surface area contributed by atoms with Gasteiger partial charge in [-0.05, 0) is 36.2 Å². The van der Waals surface area contributed by atoms with E-state index < -0.39 is 30.1 Å². The van der Waals surface area contributed by atoms with Gasteiger partial charge in [0.2, 0.25) is 0 Å². The van der Waals surface area contributed by atoms with Gasteiger partial charge in [-0.2, -0.15) is 8.78 Å². The van der Waals surface area contributed by atoms with Crippen molar-refractivity contribution in [3.05, 3.63) is 81.8 Å². The van der Waals surface area contributed by atoms with E-state index >= 15 is 0 Å². The third-order valence-electron chi connectivity index (χ3n) is 5.21. The van der Waals surface area contributed by atoms with E-state index in [1.807, 2.05) is 0 Å². The van der Waals surface area contributed by atoms with Gasteiger partial charge in [0.15, 0.2) is 0 Å². The standard InChI is InChI=1S/C23H22BrF2NO5/c24-18-3-1-2-17(14-18)23(25,26)20(28)9-8-19-11-13-32-22(31)27(19)12-10-15-4-6-16(7-5-15)21(29)30/h1-9,14,19-20,28H,10-13H2,(H,29,30)/b9-8+/t19-,20+/m0/s1. The van der Waals surface area contributed by atoms with Gasteiger partial charge in [0.1, 0.15) is 6.10 Å². The van der Waals surface area contributed by atoms with E-state index in [0.29, 0.717) is 17.3 Å². The number of carboxylic acid groups (broad SMARTS) is 1. The Bertz CT molecular complexity index is 996. The zero-order valence-electron chi connectivity index (χ0n) is 17.0. The third-order valence-corrected chi connectivity index (χ3v) is 5.71. The highest BCUT2D eigenvalue weighted by Crippen LogP contribution is 2.34. The average molecular weight is 510 g/mol. The predicted octanol–water partition coefficient (Wildman–Crippen LogP) is 4.61. The molecule has 1 aliphatic rings. The van der Waals surface area contributed by atoms with Crippen LogP contribution < -0.4 is 0 Å². The van der Waals surface area contributed by atoms with Crippen LogP contribution >= 0.6 is 15.9 Å². The minimum atomic E-state index is -3.51. The van der Waals surface area contributed by atoms with E-state index in [9.17, 15) is 23.5 Å². The van der Waals surface area contributed by atoms with Crippen LogP contribution in [-0.4, -0.2) is 52.5 Å². The summed E-state index contributed by atoms with van der Waals surface area (Å²) in [6.45, 7) is 0.397. The molecular formula is C23H22BrF2NO5. The fourth-order valence-electron chi connectivity index (χ4n) is 3.38.